The number of anilines is 1. The summed E-state index contributed by atoms with van der Waals surface area (Å²) in [7, 11) is -3.17. The fraction of sp³-hybridized carbons (Fsp3) is 0.421. The van der Waals surface area contributed by atoms with Gasteiger partial charge in [-0.15, -0.1) is 0 Å². The van der Waals surface area contributed by atoms with Gasteiger partial charge in [-0.25, -0.2) is 13.2 Å². The monoisotopic (exact) mass is 361 g/mol. The Morgan fingerprint density at radius 3 is 2.48 bits per heavy atom. The van der Waals surface area contributed by atoms with Crippen LogP contribution in [0.25, 0.3) is 16.5 Å². The molecule has 2 heterocycles. The largest absolute Gasteiger partial charge is 0.423 e. The third-order valence-electron chi connectivity index (χ3n) is 4.66. The first-order chi connectivity index (χ1) is 11.5. The number of hydrogen-bond donors (Lipinski definition) is 0. The number of rotatable bonds is 3. The van der Waals surface area contributed by atoms with Crippen LogP contribution in [-0.4, -0.2) is 32.5 Å². The predicted octanol–water partition coefficient (Wildman–Crippen LogP) is 3.15. The van der Waals surface area contributed by atoms with Gasteiger partial charge in [-0.05, 0) is 44.9 Å². The van der Waals surface area contributed by atoms with Crippen molar-refractivity contribution in [3.63, 3.8) is 0 Å². The quantitative estimate of drug-likeness (QED) is 0.786. The van der Waals surface area contributed by atoms with Gasteiger partial charge in [-0.2, -0.15) is 0 Å². The molecule has 0 saturated carbocycles. The van der Waals surface area contributed by atoms with Crippen molar-refractivity contribution in [2.45, 2.75) is 33.2 Å². The molecule has 6 heteroatoms. The van der Waals surface area contributed by atoms with Crippen molar-refractivity contribution in [2.24, 2.45) is 0 Å². The van der Waals surface area contributed by atoms with Crippen LogP contribution >= 0.6 is 0 Å². The standard InChI is InChI=1S/C19H23NO4S/c1-6-20-16-9-17-14(12(2)7-18(21)24-17)8-15(16)13(10-19(20,3)4)11-25(5,22)23/h7-10H,6,11H2,1-5H3. The Balaban J connectivity index is 2.36. The minimum absolute atomic E-state index is 0.0116. The Kier molecular flexibility index (Phi) is 4.06. The summed E-state index contributed by atoms with van der Waals surface area (Å²) in [5.74, 6) is -0.0116. The molecule has 0 fully saturated rings. The molecule has 0 atom stereocenters. The molecular formula is C19H23NO4S. The molecule has 1 aromatic carbocycles. The number of sulfone groups is 1. The molecule has 0 unspecified atom stereocenters. The van der Waals surface area contributed by atoms with Crippen molar-refractivity contribution < 1.29 is 12.8 Å². The molecule has 3 rings (SSSR count). The van der Waals surface area contributed by atoms with E-state index in [9.17, 15) is 13.2 Å². The van der Waals surface area contributed by atoms with Gasteiger partial charge in [0.25, 0.3) is 0 Å². The zero-order valence-electron chi connectivity index (χ0n) is 15.2. The molecule has 1 aliphatic rings. The first kappa shape index (κ1) is 17.7. The van der Waals surface area contributed by atoms with Crippen LogP contribution in [0.4, 0.5) is 5.69 Å². The Hall–Kier alpha value is -2.08. The maximum Gasteiger partial charge on any atom is 0.336 e. The summed E-state index contributed by atoms with van der Waals surface area (Å²) in [6.07, 6.45) is 3.28. The van der Waals surface area contributed by atoms with Gasteiger partial charge in [-0.3, -0.25) is 0 Å². The molecule has 1 aromatic heterocycles. The lowest BCUT2D eigenvalue weighted by Crippen LogP contribution is -2.45. The lowest BCUT2D eigenvalue weighted by Gasteiger charge is -2.43. The van der Waals surface area contributed by atoms with E-state index in [0.29, 0.717) is 5.58 Å². The Labute approximate surface area is 147 Å². The molecule has 0 aliphatic carbocycles. The molecule has 5 nitrogen and oxygen atoms in total. The number of likely N-dealkylation sites (N-methyl/N-ethyl adjacent to an activating group) is 1. The van der Waals surface area contributed by atoms with Crippen LogP contribution in [-0.2, 0) is 9.84 Å². The second kappa shape index (κ2) is 5.73. The molecule has 1 aliphatic heterocycles. The van der Waals surface area contributed by atoms with Gasteiger partial charge in [0, 0.05) is 41.6 Å². The first-order valence-electron chi connectivity index (χ1n) is 8.28. The number of nitrogens with zero attached hydrogens (tertiary/aromatic N) is 1. The lowest BCUT2D eigenvalue weighted by molar-refractivity contribution is 0.553. The van der Waals surface area contributed by atoms with Crippen LogP contribution in [0.1, 0.15) is 31.9 Å². The molecule has 2 aromatic rings. The van der Waals surface area contributed by atoms with Crippen molar-refractivity contribution >= 4 is 32.1 Å². The fourth-order valence-electron chi connectivity index (χ4n) is 3.71. The number of hydrogen-bond acceptors (Lipinski definition) is 5. The molecule has 0 amide bonds. The highest BCUT2D eigenvalue weighted by molar-refractivity contribution is 7.91. The van der Waals surface area contributed by atoms with Crippen LogP contribution in [0.3, 0.4) is 0 Å². The minimum Gasteiger partial charge on any atom is -0.423 e. The van der Waals surface area contributed by atoms with Crippen LogP contribution in [0.2, 0.25) is 0 Å². The smallest absolute Gasteiger partial charge is 0.336 e. The maximum atomic E-state index is 11.9. The van der Waals surface area contributed by atoms with Gasteiger partial charge in [0.1, 0.15) is 5.58 Å². The topological polar surface area (TPSA) is 67.6 Å². The average molecular weight is 361 g/mol. The third-order valence-corrected chi connectivity index (χ3v) is 5.50. The van der Waals surface area contributed by atoms with E-state index in [2.05, 4.69) is 25.7 Å². The Morgan fingerprint density at radius 2 is 1.88 bits per heavy atom. The zero-order chi connectivity index (χ0) is 18.6. The van der Waals surface area contributed by atoms with Crippen molar-refractivity contribution in [1.29, 1.82) is 0 Å². The lowest BCUT2D eigenvalue weighted by atomic mass is 9.87. The van der Waals surface area contributed by atoms with E-state index in [0.717, 1.165) is 34.3 Å². The molecule has 134 valence electrons. The SMILES string of the molecule is CCN1c2cc3oc(=O)cc(C)c3cc2C(CS(C)(=O)=O)=CC1(C)C. The maximum absolute atomic E-state index is 11.9. The fourth-order valence-corrected chi connectivity index (χ4v) is 4.51. The van der Waals surface area contributed by atoms with E-state index >= 15 is 0 Å². The van der Waals surface area contributed by atoms with Gasteiger partial charge in [-0.1, -0.05) is 6.08 Å². The first-order valence-corrected chi connectivity index (χ1v) is 10.3. The summed E-state index contributed by atoms with van der Waals surface area (Å²) in [5.41, 5.74) is 3.21. The van der Waals surface area contributed by atoms with E-state index in [1.165, 1.54) is 12.3 Å². The van der Waals surface area contributed by atoms with E-state index in [-0.39, 0.29) is 16.9 Å². The van der Waals surface area contributed by atoms with Crippen molar-refractivity contribution in [3.05, 3.63) is 45.8 Å². The summed E-state index contributed by atoms with van der Waals surface area (Å²) >= 11 is 0. The van der Waals surface area contributed by atoms with Crippen molar-refractivity contribution in [3.8, 4) is 0 Å². The number of benzene rings is 1. The summed E-state index contributed by atoms with van der Waals surface area (Å²) in [5, 5.41) is 0.827. The third kappa shape index (κ3) is 3.23. The minimum atomic E-state index is -3.17. The van der Waals surface area contributed by atoms with Crippen LogP contribution < -0.4 is 10.5 Å². The van der Waals surface area contributed by atoms with Crippen LogP contribution in [0, 0.1) is 6.92 Å². The van der Waals surface area contributed by atoms with Gasteiger partial charge in [0.15, 0.2) is 9.84 Å². The highest BCUT2D eigenvalue weighted by Gasteiger charge is 2.33. The molecule has 0 saturated heterocycles. The van der Waals surface area contributed by atoms with E-state index < -0.39 is 9.84 Å². The summed E-state index contributed by atoms with van der Waals surface area (Å²) in [6.45, 7) is 8.77. The normalized spacial score (nSPS) is 16.7. The van der Waals surface area contributed by atoms with Crippen LogP contribution in [0.15, 0.2) is 33.5 Å². The molecular weight excluding hydrogens is 338 g/mol. The molecule has 25 heavy (non-hydrogen) atoms. The van der Waals surface area contributed by atoms with E-state index in [1.807, 2.05) is 25.1 Å². The van der Waals surface area contributed by atoms with Gasteiger partial charge in [0.2, 0.25) is 0 Å². The van der Waals surface area contributed by atoms with E-state index in [4.69, 9.17) is 4.42 Å². The molecule has 0 spiro atoms. The highest BCUT2D eigenvalue weighted by atomic mass is 32.2. The Bertz CT molecular complexity index is 1050. The predicted molar refractivity (Wildman–Crippen MR) is 102 cm³/mol. The van der Waals surface area contributed by atoms with E-state index in [1.54, 1.807) is 0 Å². The van der Waals surface area contributed by atoms with Crippen molar-refractivity contribution in [1.82, 2.24) is 0 Å². The summed E-state index contributed by atoms with van der Waals surface area (Å²) in [6, 6.07) is 5.26. The number of fused-ring (bicyclic) bond motifs is 2. The second-order valence-electron chi connectivity index (χ2n) is 7.25. The van der Waals surface area contributed by atoms with Crippen LogP contribution in [0.5, 0.6) is 0 Å². The number of aryl methyl sites for hydroxylation is 1. The van der Waals surface area contributed by atoms with Crippen molar-refractivity contribution in [2.75, 3.05) is 23.5 Å². The summed E-state index contributed by atoms with van der Waals surface area (Å²) in [4.78, 5) is 13.9. The Morgan fingerprint density at radius 1 is 1.20 bits per heavy atom. The highest BCUT2D eigenvalue weighted by Crippen LogP contribution is 2.41. The van der Waals surface area contributed by atoms with Gasteiger partial charge in [0.05, 0.1) is 11.3 Å². The zero-order valence-corrected chi connectivity index (χ0v) is 16.0. The molecule has 0 bridgehead atoms. The second-order valence-corrected chi connectivity index (χ2v) is 9.39. The molecule has 0 radical (unpaired) electrons. The van der Waals surface area contributed by atoms with Gasteiger partial charge >= 0.3 is 5.63 Å². The average Bonchev–Trinajstić information content (AvgIpc) is 2.43. The summed E-state index contributed by atoms with van der Waals surface area (Å²) < 4.78 is 29.3. The van der Waals surface area contributed by atoms with Gasteiger partial charge < -0.3 is 9.32 Å². The molecule has 0 N–H and O–H groups in total.